The number of halogens is 4. The number of ketones is 1. The van der Waals surface area contributed by atoms with Crippen molar-refractivity contribution < 1.29 is 26.8 Å². The van der Waals surface area contributed by atoms with Gasteiger partial charge in [0.2, 0.25) is 11.2 Å². The van der Waals surface area contributed by atoms with Crippen molar-refractivity contribution in [3.05, 3.63) is 82.3 Å². The van der Waals surface area contributed by atoms with Gasteiger partial charge in [-0.2, -0.15) is 17.6 Å². The number of carbonyl (C=O) groups is 1. The average molecular weight is 386 g/mol. The van der Waals surface area contributed by atoms with Gasteiger partial charge < -0.3 is 4.42 Å². The minimum Gasteiger partial charge on any atom is -0.452 e. The van der Waals surface area contributed by atoms with Gasteiger partial charge in [0.1, 0.15) is 5.58 Å². The summed E-state index contributed by atoms with van der Waals surface area (Å²) in [5, 5.41) is -0.351. The zero-order valence-electron chi connectivity index (χ0n) is 14.0. The minimum atomic E-state index is -5.14. The predicted molar refractivity (Wildman–Crippen MR) is 95.8 cm³/mol. The maximum atomic E-state index is 14.7. The molecule has 7 heteroatoms. The topological polar surface area (TPSA) is 47.3 Å². The van der Waals surface area contributed by atoms with E-state index in [4.69, 9.17) is 4.42 Å². The number of rotatable bonds is 2. The molecule has 0 spiro atoms. The fraction of sp³-hybridized carbons (Fsp3) is 0.0476. The van der Waals surface area contributed by atoms with Gasteiger partial charge in [0.05, 0.1) is 5.39 Å². The molecule has 0 fully saturated rings. The lowest BCUT2D eigenvalue weighted by molar-refractivity contribution is -0.0884. The smallest absolute Gasteiger partial charge is 0.452 e. The Morgan fingerprint density at radius 1 is 0.857 bits per heavy atom. The van der Waals surface area contributed by atoms with E-state index in [0.29, 0.717) is 5.56 Å². The van der Waals surface area contributed by atoms with E-state index in [1.54, 1.807) is 18.2 Å². The molecule has 4 rings (SSSR count). The largest absolute Gasteiger partial charge is 0.454 e. The lowest BCUT2D eigenvalue weighted by atomic mass is 9.97. The maximum Gasteiger partial charge on any atom is 0.454 e. The van der Waals surface area contributed by atoms with Gasteiger partial charge in [-0.15, -0.1) is 0 Å². The van der Waals surface area contributed by atoms with Crippen LogP contribution in [-0.2, 0) is 0 Å². The molecule has 0 radical (unpaired) electrons. The highest BCUT2D eigenvalue weighted by Gasteiger charge is 2.40. The summed E-state index contributed by atoms with van der Waals surface area (Å²) in [6.07, 6.45) is -5.14. The number of Topliss-reactive ketones (excluding diaryl/α,β-unsaturated/α-hetero) is 1. The van der Waals surface area contributed by atoms with Crippen LogP contribution in [0.1, 0.15) is 10.4 Å². The lowest BCUT2D eigenvalue weighted by Gasteiger charge is -2.12. The van der Waals surface area contributed by atoms with Gasteiger partial charge in [-0.25, -0.2) is 0 Å². The van der Waals surface area contributed by atoms with Gasteiger partial charge >= 0.3 is 6.18 Å². The Bertz CT molecular complexity index is 1290. The second-order valence-corrected chi connectivity index (χ2v) is 6.11. The van der Waals surface area contributed by atoms with Gasteiger partial charge in [0, 0.05) is 16.5 Å². The van der Waals surface area contributed by atoms with Gasteiger partial charge in [0.25, 0.3) is 5.78 Å². The Hall–Kier alpha value is -3.48. The van der Waals surface area contributed by atoms with Crippen molar-refractivity contribution in [1.82, 2.24) is 0 Å². The Morgan fingerprint density at radius 2 is 1.46 bits per heavy atom. The minimum absolute atomic E-state index is 0.0360. The maximum absolute atomic E-state index is 14.7. The zero-order chi connectivity index (χ0) is 20.1. The average Bonchev–Trinajstić information content (AvgIpc) is 2.69. The summed E-state index contributed by atoms with van der Waals surface area (Å²) in [6, 6.07) is 14.5. The summed E-state index contributed by atoms with van der Waals surface area (Å²) in [4.78, 5) is 24.4. The number of hydrogen-bond donors (Lipinski definition) is 0. The van der Waals surface area contributed by atoms with Crippen LogP contribution in [0.15, 0.2) is 69.9 Å². The molecule has 0 aliphatic carbocycles. The molecule has 1 aromatic heterocycles. The van der Waals surface area contributed by atoms with E-state index in [0.717, 1.165) is 6.07 Å². The van der Waals surface area contributed by atoms with Crippen molar-refractivity contribution in [3.8, 4) is 11.3 Å². The first-order chi connectivity index (χ1) is 13.3. The zero-order valence-corrected chi connectivity index (χ0v) is 14.0. The third kappa shape index (κ3) is 2.76. The molecule has 3 nitrogen and oxygen atoms in total. The Kier molecular flexibility index (Phi) is 4.03. The van der Waals surface area contributed by atoms with Gasteiger partial charge in [-0.3, -0.25) is 9.59 Å². The fourth-order valence-electron chi connectivity index (χ4n) is 3.11. The second kappa shape index (κ2) is 6.30. The molecule has 0 unspecified atom stereocenters. The Labute approximate surface area is 154 Å². The molecule has 0 saturated carbocycles. The first kappa shape index (κ1) is 17.9. The number of carbonyl (C=O) groups excluding carboxylic acids is 1. The normalized spacial score (nSPS) is 11.9. The van der Waals surface area contributed by atoms with Crippen molar-refractivity contribution in [3.63, 3.8) is 0 Å². The van der Waals surface area contributed by atoms with Crippen LogP contribution in [0.3, 0.4) is 0 Å². The molecular weight excluding hydrogens is 376 g/mol. The number of hydrogen-bond acceptors (Lipinski definition) is 3. The van der Waals surface area contributed by atoms with Crippen molar-refractivity contribution in [2.24, 2.45) is 0 Å². The van der Waals surface area contributed by atoms with Gasteiger partial charge in [-0.1, -0.05) is 54.6 Å². The third-order valence-electron chi connectivity index (χ3n) is 4.38. The summed E-state index contributed by atoms with van der Waals surface area (Å²) in [5.41, 5.74) is -1.64. The SMILES string of the molecule is O=C(c1cc2c(=O)c(F)c(-c3ccccc3)oc2c2ccccc12)C(F)(F)F. The molecule has 28 heavy (non-hydrogen) atoms. The number of alkyl halides is 3. The van der Waals surface area contributed by atoms with Crippen LogP contribution >= 0.6 is 0 Å². The van der Waals surface area contributed by atoms with Crippen LogP contribution in [0.5, 0.6) is 0 Å². The van der Waals surface area contributed by atoms with E-state index in [-0.39, 0.29) is 22.1 Å². The van der Waals surface area contributed by atoms with Crippen molar-refractivity contribution in [2.45, 2.75) is 6.18 Å². The molecule has 140 valence electrons. The van der Waals surface area contributed by atoms with Crippen LogP contribution in [0.25, 0.3) is 33.1 Å². The van der Waals surface area contributed by atoms with E-state index in [1.807, 2.05) is 0 Å². The first-order valence-electron chi connectivity index (χ1n) is 8.14. The van der Waals surface area contributed by atoms with E-state index < -0.39 is 34.2 Å². The molecule has 0 aliphatic heterocycles. The summed E-state index contributed by atoms with van der Waals surface area (Å²) in [7, 11) is 0. The van der Waals surface area contributed by atoms with Crippen LogP contribution in [0.4, 0.5) is 17.6 Å². The predicted octanol–water partition coefficient (Wildman–Crippen LogP) is 5.50. The van der Waals surface area contributed by atoms with E-state index in [1.165, 1.54) is 36.4 Å². The molecule has 0 amide bonds. The van der Waals surface area contributed by atoms with E-state index in [9.17, 15) is 27.2 Å². The van der Waals surface area contributed by atoms with E-state index >= 15 is 0 Å². The Morgan fingerprint density at radius 3 is 2.11 bits per heavy atom. The molecule has 0 bridgehead atoms. The molecular formula is C21H10F4O3. The number of benzene rings is 3. The van der Waals surface area contributed by atoms with Crippen LogP contribution < -0.4 is 5.43 Å². The van der Waals surface area contributed by atoms with E-state index in [2.05, 4.69) is 0 Å². The molecule has 0 aliphatic rings. The fourth-order valence-corrected chi connectivity index (χ4v) is 3.11. The first-order valence-corrected chi connectivity index (χ1v) is 8.14. The molecule has 0 N–H and O–H groups in total. The molecule has 3 aromatic carbocycles. The van der Waals surface area contributed by atoms with Gasteiger partial charge in [0.15, 0.2) is 5.76 Å². The third-order valence-corrected chi connectivity index (χ3v) is 4.38. The molecule has 4 aromatic rings. The summed E-state index contributed by atoms with van der Waals surface area (Å²) in [6.45, 7) is 0. The van der Waals surface area contributed by atoms with Gasteiger partial charge in [-0.05, 0) is 11.5 Å². The van der Waals surface area contributed by atoms with Crippen molar-refractivity contribution in [2.75, 3.05) is 0 Å². The number of fused-ring (bicyclic) bond motifs is 3. The highest BCUT2D eigenvalue weighted by molar-refractivity contribution is 6.17. The lowest BCUT2D eigenvalue weighted by Crippen LogP contribution is -2.23. The van der Waals surface area contributed by atoms with Crippen LogP contribution in [0.2, 0.25) is 0 Å². The molecule has 0 saturated heterocycles. The highest BCUT2D eigenvalue weighted by Crippen LogP contribution is 2.34. The summed E-state index contributed by atoms with van der Waals surface area (Å²) in [5.74, 6) is -3.67. The summed E-state index contributed by atoms with van der Waals surface area (Å²) < 4.78 is 59.3. The molecule has 0 atom stereocenters. The highest BCUT2D eigenvalue weighted by atomic mass is 19.4. The second-order valence-electron chi connectivity index (χ2n) is 6.11. The quantitative estimate of drug-likeness (QED) is 0.260. The summed E-state index contributed by atoms with van der Waals surface area (Å²) >= 11 is 0. The van der Waals surface area contributed by atoms with Crippen LogP contribution in [-0.4, -0.2) is 12.0 Å². The standard InChI is InChI=1S/C21H10F4O3/c22-16-17(26)15-10-14(20(27)21(23,24)25)12-8-4-5-9-13(12)19(15)28-18(16)11-6-2-1-3-7-11/h1-10H. The molecule has 1 heterocycles. The van der Waals surface area contributed by atoms with Crippen molar-refractivity contribution >= 4 is 27.5 Å². The monoisotopic (exact) mass is 386 g/mol. The van der Waals surface area contributed by atoms with Crippen LogP contribution in [0, 0.1) is 5.82 Å². The Balaban J connectivity index is 2.15. The van der Waals surface area contributed by atoms with Crippen molar-refractivity contribution in [1.29, 1.82) is 0 Å².